The molecule has 0 spiro atoms. The number of nitrogens with zero attached hydrogens (tertiary/aromatic N) is 3. The van der Waals surface area contributed by atoms with E-state index in [9.17, 15) is 27.5 Å². The molecule has 0 bridgehead atoms. The molecular weight excluding hydrogens is 420 g/mol. The van der Waals surface area contributed by atoms with Crippen molar-refractivity contribution in [1.82, 2.24) is 14.9 Å². The lowest BCUT2D eigenvalue weighted by atomic mass is 10.0. The number of aliphatic hydroxyl groups is 2. The summed E-state index contributed by atoms with van der Waals surface area (Å²) in [5, 5.41) is 21.1. The molecule has 11 heteroatoms. The zero-order valence-corrected chi connectivity index (χ0v) is 16.2. The molecule has 2 amide bonds. The van der Waals surface area contributed by atoms with Crippen molar-refractivity contribution in [2.45, 2.75) is 25.1 Å². The summed E-state index contributed by atoms with van der Waals surface area (Å²) in [5.41, 5.74) is 0.0547. The molecule has 3 heterocycles. The lowest BCUT2D eigenvalue weighted by Gasteiger charge is -2.26. The van der Waals surface area contributed by atoms with Crippen LogP contribution in [0.3, 0.4) is 0 Å². The lowest BCUT2D eigenvalue weighted by molar-refractivity contribution is -0.137. The Morgan fingerprint density at radius 1 is 1.26 bits per heavy atom. The Balaban J connectivity index is 1.62. The Labute approximate surface area is 175 Å². The molecule has 3 rings (SSSR count). The minimum Gasteiger partial charge on any atom is -0.396 e. The average Bonchev–Trinajstić information content (AvgIpc) is 2.73. The van der Waals surface area contributed by atoms with Gasteiger partial charge in [0.15, 0.2) is 0 Å². The second kappa shape index (κ2) is 9.40. The number of alkyl halides is 3. The van der Waals surface area contributed by atoms with Crippen LogP contribution in [0.5, 0.6) is 0 Å². The van der Waals surface area contributed by atoms with Crippen molar-refractivity contribution in [1.29, 1.82) is 0 Å². The summed E-state index contributed by atoms with van der Waals surface area (Å²) in [6.07, 6.45) is -1.52. The third kappa shape index (κ3) is 5.56. The van der Waals surface area contributed by atoms with E-state index in [1.165, 1.54) is 17.2 Å². The van der Waals surface area contributed by atoms with E-state index in [0.717, 1.165) is 12.1 Å². The molecule has 7 nitrogen and oxygen atoms in total. The zero-order chi connectivity index (χ0) is 22.6. The number of amides is 2. The molecule has 0 fully saturated rings. The van der Waals surface area contributed by atoms with E-state index in [1.54, 1.807) is 6.08 Å². The number of pyridine rings is 2. The number of halogens is 4. The summed E-state index contributed by atoms with van der Waals surface area (Å²) in [4.78, 5) is 21.4. The molecule has 0 saturated heterocycles. The third-order valence-electron chi connectivity index (χ3n) is 4.78. The topological polar surface area (TPSA) is 98.6 Å². The van der Waals surface area contributed by atoms with E-state index < -0.39 is 29.7 Å². The van der Waals surface area contributed by atoms with Crippen LogP contribution in [-0.4, -0.2) is 50.8 Å². The largest absolute Gasteiger partial charge is 0.417 e. The number of nitrogens with one attached hydrogen (secondary N) is 1. The second-order valence-corrected chi connectivity index (χ2v) is 6.91. The molecule has 0 radical (unpaired) electrons. The number of aromatic nitrogens is 2. The van der Waals surface area contributed by atoms with Crippen LogP contribution in [0.4, 0.5) is 28.2 Å². The number of anilines is 1. The highest BCUT2D eigenvalue weighted by molar-refractivity contribution is 5.89. The molecular formula is C20H20F4N4O3. The first-order valence-electron chi connectivity index (χ1n) is 9.42. The van der Waals surface area contributed by atoms with Crippen molar-refractivity contribution in [3.63, 3.8) is 0 Å². The number of rotatable bonds is 5. The van der Waals surface area contributed by atoms with Gasteiger partial charge in [0.25, 0.3) is 0 Å². The van der Waals surface area contributed by atoms with Crippen molar-refractivity contribution in [3.05, 3.63) is 59.3 Å². The van der Waals surface area contributed by atoms with E-state index in [2.05, 4.69) is 15.3 Å². The molecule has 31 heavy (non-hydrogen) atoms. The van der Waals surface area contributed by atoms with E-state index in [-0.39, 0.29) is 43.2 Å². The second-order valence-electron chi connectivity index (χ2n) is 6.91. The maximum Gasteiger partial charge on any atom is 0.417 e. The van der Waals surface area contributed by atoms with Gasteiger partial charge in [0.2, 0.25) is 0 Å². The summed E-state index contributed by atoms with van der Waals surface area (Å²) in [7, 11) is 0. The Bertz CT molecular complexity index is 964. The number of aliphatic hydroxyl groups excluding tert-OH is 2. The Morgan fingerprint density at radius 2 is 2.03 bits per heavy atom. The molecule has 0 saturated carbocycles. The summed E-state index contributed by atoms with van der Waals surface area (Å²) in [5.74, 6) is -0.634. The lowest BCUT2D eigenvalue weighted by Crippen LogP contribution is -2.38. The molecule has 2 aromatic heterocycles. The van der Waals surface area contributed by atoms with Crippen molar-refractivity contribution in [2.24, 2.45) is 0 Å². The molecule has 1 aliphatic heterocycles. The first kappa shape index (κ1) is 22.6. The van der Waals surface area contributed by atoms with Gasteiger partial charge in [-0.05, 0) is 30.2 Å². The van der Waals surface area contributed by atoms with Crippen LogP contribution in [0.15, 0.2) is 36.7 Å². The molecule has 1 unspecified atom stereocenters. The van der Waals surface area contributed by atoms with Gasteiger partial charge in [-0.2, -0.15) is 13.2 Å². The van der Waals surface area contributed by atoms with Gasteiger partial charge < -0.3 is 15.1 Å². The fraction of sp³-hybridized carbons (Fsp3) is 0.350. The number of hydrogen-bond donors (Lipinski definition) is 3. The maximum atomic E-state index is 14.4. The summed E-state index contributed by atoms with van der Waals surface area (Å²) in [6.45, 7) is 0.154. The van der Waals surface area contributed by atoms with Crippen LogP contribution in [-0.2, 0) is 6.18 Å². The highest BCUT2D eigenvalue weighted by Crippen LogP contribution is 2.29. The first-order chi connectivity index (χ1) is 14.7. The average molecular weight is 440 g/mol. The highest BCUT2D eigenvalue weighted by atomic mass is 19.4. The normalized spacial score (nSPS) is 15.4. The van der Waals surface area contributed by atoms with Crippen molar-refractivity contribution >= 4 is 17.4 Å². The number of carbonyl (C=O) groups excluding carboxylic acids is 1. The fourth-order valence-corrected chi connectivity index (χ4v) is 3.05. The predicted octanol–water partition coefficient (Wildman–Crippen LogP) is 3.37. The third-order valence-corrected chi connectivity index (χ3v) is 4.78. The van der Waals surface area contributed by atoms with E-state index in [4.69, 9.17) is 5.11 Å². The van der Waals surface area contributed by atoms with Gasteiger partial charge >= 0.3 is 12.2 Å². The van der Waals surface area contributed by atoms with Gasteiger partial charge in [-0.1, -0.05) is 6.08 Å². The van der Waals surface area contributed by atoms with Crippen LogP contribution < -0.4 is 5.32 Å². The van der Waals surface area contributed by atoms with Gasteiger partial charge in [-0.3, -0.25) is 10.3 Å². The molecule has 0 aliphatic carbocycles. The molecule has 1 atom stereocenters. The molecule has 1 aliphatic rings. The highest BCUT2D eigenvalue weighted by Gasteiger charge is 2.30. The smallest absolute Gasteiger partial charge is 0.396 e. The minimum atomic E-state index is -4.51. The van der Waals surface area contributed by atoms with Gasteiger partial charge in [-0.15, -0.1) is 0 Å². The van der Waals surface area contributed by atoms with E-state index in [0.29, 0.717) is 18.2 Å². The summed E-state index contributed by atoms with van der Waals surface area (Å²) >= 11 is 0. The molecule has 3 N–H and O–H groups in total. The van der Waals surface area contributed by atoms with Crippen LogP contribution >= 0.6 is 0 Å². The maximum absolute atomic E-state index is 14.4. The van der Waals surface area contributed by atoms with Crippen molar-refractivity contribution in [3.8, 4) is 0 Å². The molecule has 2 aromatic rings. The zero-order valence-electron chi connectivity index (χ0n) is 16.2. The predicted molar refractivity (Wildman–Crippen MR) is 103 cm³/mol. The number of hydrogen-bond acceptors (Lipinski definition) is 5. The van der Waals surface area contributed by atoms with Crippen LogP contribution in [0.2, 0.25) is 0 Å². The van der Waals surface area contributed by atoms with Crippen molar-refractivity contribution < 1.29 is 32.6 Å². The summed E-state index contributed by atoms with van der Waals surface area (Å²) < 4.78 is 52.2. The van der Waals surface area contributed by atoms with Crippen LogP contribution in [0.25, 0.3) is 5.57 Å². The Hall–Kier alpha value is -3.05. The van der Waals surface area contributed by atoms with E-state index in [1.807, 2.05) is 0 Å². The minimum absolute atomic E-state index is 0.0162. The summed E-state index contributed by atoms with van der Waals surface area (Å²) in [6, 6.07) is 2.52. The Kier molecular flexibility index (Phi) is 6.86. The van der Waals surface area contributed by atoms with Gasteiger partial charge in [0.05, 0.1) is 11.7 Å². The molecule has 166 valence electrons. The Morgan fingerprint density at radius 3 is 2.58 bits per heavy atom. The van der Waals surface area contributed by atoms with Gasteiger partial charge in [-0.25, -0.2) is 14.2 Å². The monoisotopic (exact) mass is 440 g/mol. The van der Waals surface area contributed by atoms with E-state index >= 15 is 0 Å². The first-order valence-corrected chi connectivity index (χ1v) is 9.42. The number of urea groups is 1. The number of carbonyl (C=O) groups is 1. The SMILES string of the molecule is O=C(Nc1ccc(C(F)(F)F)cn1)N1CC=C(c2ncc(C(O)CCO)cc2F)CC1. The van der Waals surface area contributed by atoms with Gasteiger partial charge in [0.1, 0.15) is 17.3 Å². The van der Waals surface area contributed by atoms with Crippen molar-refractivity contribution in [2.75, 3.05) is 25.0 Å². The van der Waals surface area contributed by atoms with Gasteiger partial charge in [0, 0.05) is 44.1 Å². The van der Waals surface area contributed by atoms with Crippen LogP contribution in [0, 0.1) is 5.82 Å². The standard InChI is InChI=1S/C20H20F4N4O3/c21-15-9-13(16(30)5-8-29)10-26-18(15)12-3-6-28(7-4-12)19(31)27-17-2-1-14(11-25-17)20(22,23)24/h1-3,9-11,16,29-30H,4-8H2,(H,25,27,31). The molecule has 0 aromatic carbocycles. The van der Waals surface area contributed by atoms with Crippen LogP contribution in [0.1, 0.15) is 35.8 Å². The quantitative estimate of drug-likeness (QED) is 0.620. The fourth-order valence-electron chi connectivity index (χ4n) is 3.05.